The van der Waals surface area contributed by atoms with Gasteiger partial charge in [0.2, 0.25) is 0 Å². The van der Waals surface area contributed by atoms with Crippen LogP contribution in [-0.2, 0) is 0 Å². The summed E-state index contributed by atoms with van der Waals surface area (Å²) in [5, 5.41) is 0. The summed E-state index contributed by atoms with van der Waals surface area (Å²) in [7, 11) is 0. The van der Waals surface area contributed by atoms with Crippen LogP contribution >= 0.6 is 11.8 Å². The highest BCUT2D eigenvalue weighted by Gasteiger charge is 2.24. The molecule has 0 saturated heterocycles. The quantitative estimate of drug-likeness (QED) is 0.624. The second-order valence-electron chi connectivity index (χ2n) is 4.93. The van der Waals surface area contributed by atoms with Crippen molar-refractivity contribution in [2.24, 2.45) is 5.41 Å². The summed E-state index contributed by atoms with van der Waals surface area (Å²) < 4.78 is 0.451. The molecule has 0 fully saturated rings. The number of hydrogen-bond donors (Lipinski definition) is 0. The summed E-state index contributed by atoms with van der Waals surface area (Å²) in [6.45, 7) is 13.8. The fourth-order valence-electron chi connectivity index (χ4n) is 1.72. The lowest BCUT2D eigenvalue weighted by molar-refractivity contribution is 0.339. The summed E-state index contributed by atoms with van der Waals surface area (Å²) in [6.07, 6.45) is 1.29. The molecule has 0 saturated carbocycles. The predicted octanol–water partition coefficient (Wildman–Crippen LogP) is 3.95. The van der Waals surface area contributed by atoms with Gasteiger partial charge in [0.05, 0.1) is 0 Å². The molecule has 68 valence electrons. The van der Waals surface area contributed by atoms with E-state index in [2.05, 4.69) is 53.3 Å². The summed E-state index contributed by atoms with van der Waals surface area (Å²) in [6, 6.07) is 0. The first-order valence-electron chi connectivity index (χ1n) is 4.41. The molecule has 0 aromatic rings. The number of thioether (sulfide) groups is 1. The summed E-state index contributed by atoms with van der Waals surface area (Å²) >= 11 is 2.06. The minimum Gasteiger partial charge on any atom is -0.156 e. The van der Waals surface area contributed by atoms with Crippen molar-refractivity contribution in [2.75, 3.05) is 5.75 Å². The predicted molar refractivity (Wildman–Crippen MR) is 56.3 cm³/mol. The van der Waals surface area contributed by atoms with E-state index in [4.69, 9.17) is 0 Å². The summed E-state index contributed by atoms with van der Waals surface area (Å²) in [5.74, 6) is 1.23. The maximum Gasteiger partial charge on any atom is 0.0108 e. The monoisotopic (exact) mass is 174 g/mol. The van der Waals surface area contributed by atoms with Gasteiger partial charge in [-0.1, -0.05) is 41.5 Å². The van der Waals surface area contributed by atoms with Crippen LogP contribution in [0.4, 0.5) is 0 Å². The SMILES string of the molecule is CCSC(C)(C)CC(C)(C)C. The Bertz CT molecular complexity index is 109. The van der Waals surface area contributed by atoms with Gasteiger partial charge in [0.15, 0.2) is 0 Å². The summed E-state index contributed by atoms with van der Waals surface area (Å²) in [5.41, 5.74) is 0.464. The maximum atomic E-state index is 2.34. The van der Waals surface area contributed by atoms with E-state index in [1.165, 1.54) is 12.2 Å². The molecule has 0 spiro atoms. The molecule has 0 aliphatic heterocycles. The van der Waals surface area contributed by atoms with E-state index < -0.39 is 0 Å². The molecule has 0 bridgehead atoms. The molecule has 1 heteroatoms. The van der Waals surface area contributed by atoms with Crippen LogP contribution in [0.1, 0.15) is 48.0 Å². The standard InChI is InChI=1S/C10H22S/c1-7-11-10(5,6)8-9(2,3)4/h7-8H2,1-6H3. The van der Waals surface area contributed by atoms with E-state index in [1.807, 2.05) is 0 Å². The van der Waals surface area contributed by atoms with Gasteiger partial charge in [-0.25, -0.2) is 0 Å². The van der Waals surface area contributed by atoms with Crippen LogP contribution in [-0.4, -0.2) is 10.5 Å². The van der Waals surface area contributed by atoms with Crippen molar-refractivity contribution < 1.29 is 0 Å². The zero-order chi connectivity index (χ0) is 9.12. The number of hydrogen-bond acceptors (Lipinski definition) is 1. The van der Waals surface area contributed by atoms with Gasteiger partial charge in [-0.3, -0.25) is 0 Å². The first-order valence-corrected chi connectivity index (χ1v) is 5.39. The lowest BCUT2D eigenvalue weighted by atomic mass is 9.86. The van der Waals surface area contributed by atoms with Crippen molar-refractivity contribution in [3.63, 3.8) is 0 Å². The molecule has 0 N–H and O–H groups in total. The number of rotatable bonds is 3. The molecule has 0 unspecified atom stereocenters. The maximum absolute atomic E-state index is 2.34. The van der Waals surface area contributed by atoms with E-state index in [0.29, 0.717) is 10.2 Å². The topological polar surface area (TPSA) is 0 Å². The van der Waals surface area contributed by atoms with Crippen LogP contribution in [0.5, 0.6) is 0 Å². The zero-order valence-electron chi connectivity index (χ0n) is 8.82. The van der Waals surface area contributed by atoms with Crippen molar-refractivity contribution in [3.8, 4) is 0 Å². The first kappa shape index (κ1) is 11.4. The Morgan fingerprint density at radius 1 is 1.00 bits per heavy atom. The molecule has 0 radical (unpaired) electrons. The minimum absolute atomic E-state index is 0.451. The normalized spacial score (nSPS) is 13.6. The second-order valence-corrected chi connectivity index (χ2v) is 6.90. The van der Waals surface area contributed by atoms with E-state index >= 15 is 0 Å². The highest BCUT2D eigenvalue weighted by atomic mass is 32.2. The lowest BCUT2D eigenvalue weighted by Crippen LogP contribution is -2.23. The lowest BCUT2D eigenvalue weighted by Gasteiger charge is -2.31. The van der Waals surface area contributed by atoms with E-state index in [-0.39, 0.29) is 0 Å². The third-order valence-electron chi connectivity index (χ3n) is 1.49. The Labute approximate surface area is 76.1 Å². The van der Waals surface area contributed by atoms with Crippen LogP contribution in [0, 0.1) is 5.41 Å². The smallest absolute Gasteiger partial charge is 0.0108 e. The highest BCUT2D eigenvalue weighted by molar-refractivity contribution is 8.00. The molecular formula is C10H22S. The van der Waals surface area contributed by atoms with Crippen molar-refractivity contribution in [1.29, 1.82) is 0 Å². The zero-order valence-corrected chi connectivity index (χ0v) is 9.64. The highest BCUT2D eigenvalue weighted by Crippen LogP contribution is 2.36. The third kappa shape index (κ3) is 6.74. The Kier molecular flexibility index (Phi) is 3.96. The average molecular weight is 174 g/mol. The van der Waals surface area contributed by atoms with Crippen molar-refractivity contribution in [3.05, 3.63) is 0 Å². The van der Waals surface area contributed by atoms with Gasteiger partial charge in [0.1, 0.15) is 0 Å². The van der Waals surface area contributed by atoms with Crippen molar-refractivity contribution >= 4 is 11.8 Å². The Balaban J connectivity index is 3.91. The van der Waals surface area contributed by atoms with Crippen LogP contribution in [0.25, 0.3) is 0 Å². The molecule has 0 aromatic heterocycles. The average Bonchev–Trinajstić information content (AvgIpc) is 1.55. The Morgan fingerprint density at radius 2 is 1.45 bits per heavy atom. The van der Waals surface area contributed by atoms with E-state index in [0.717, 1.165) is 0 Å². The fourth-order valence-corrected chi connectivity index (χ4v) is 3.04. The first-order chi connectivity index (χ1) is 4.77. The van der Waals surface area contributed by atoms with Gasteiger partial charge in [0, 0.05) is 4.75 Å². The molecular weight excluding hydrogens is 152 g/mol. The molecule has 0 aromatic carbocycles. The van der Waals surface area contributed by atoms with Crippen LogP contribution in [0.15, 0.2) is 0 Å². The summed E-state index contributed by atoms with van der Waals surface area (Å²) in [4.78, 5) is 0. The second kappa shape index (κ2) is 3.84. The van der Waals surface area contributed by atoms with Crippen molar-refractivity contribution in [2.45, 2.75) is 52.7 Å². The molecule has 0 aliphatic carbocycles. The van der Waals surface area contributed by atoms with E-state index in [9.17, 15) is 0 Å². The van der Waals surface area contributed by atoms with E-state index in [1.54, 1.807) is 0 Å². The third-order valence-corrected chi connectivity index (χ3v) is 2.71. The fraction of sp³-hybridized carbons (Fsp3) is 1.00. The van der Waals surface area contributed by atoms with Gasteiger partial charge in [0.25, 0.3) is 0 Å². The Hall–Kier alpha value is 0.350. The molecule has 0 amide bonds. The molecule has 0 nitrogen and oxygen atoms in total. The molecule has 0 aliphatic rings. The van der Waals surface area contributed by atoms with Crippen LogP contribution in [0.3, 0.4) is 0 Å². The molecule has 0 rings (SSSR count). The van der Waals surface area contributed by atoms with Crippen LogP contribution < -0.4 is 0 Å². The van der Waals surface area contributed by atoms with Crippen molar-refractivity contribution in [1.82, 2.24) is 0 Å². The van der Waals surface area contributed by atoms with Gasteiger partial charge < -0.3 is 0 Å². The molecule has 0 heterocycles. The Morgan fingerprint density at radius 3 is 1.73 bits per heavy atom. The van der Waals surface area contributed by atoms with Gasteiger partial charge >= 0.3 is 0 Å². The van der Waals surface area contributed by atoms with Gasteiger partial charge in [-0.05, 0) is 17.6 Å². The molecule has 11 heavy (non-hydrogen) atoms. The largest absolute Gasteiger partial charge is 0.156 e. The molecule has 0 atom stereocenters. The van der Waals surface area contributed by atoms with Crippen LogP contribution in [0.2, 0.25) is 0 Å². The van der Waals surface area contributed by atoms with Gasteiger partial charge in [-0.15, -0.1) is 0 Å². The van der Waals surface area contributed by atoms with Gasteiger partial charge in [-0.2, -0.15) is 11.8 Å². The minimum atomic E-state index is 0.451.